The van der Waals surface area contributed by atoms with Crippen LogP contribution in [-0.4, -0.2) is 39.2 Å². The number of anilines is 1. The maximum Gasteiger partial charge on any atom is 0.275 e. The van der Waals surface area contributed by atoms with Crippen LogP contribution in [0, 0.1) is 24.0 Å². The van der Waals surface area contributed by atoms with Gasteiger partial charge >= 0.3 is 0 Å². The highest BCUT2D eigenvalue weighted by molar-refractivity contribution is 7.92. The van der Waals surface area contributed by atoms with Gasteiger partial charge in [0.2, 0.25) is 10.0 Å². The Morgan fingerprint density at radius 2 is 1.65 bits per heavy atom. The van der Waals surface area contributed by atoms with Gasteiger partial charge in [-0.3, -0.25) is 14.8 Å². The van der Waals surface area contributed by atoms with Crippen molar-refractivity contribution in [3.63, 3.8) is 0 Å². The van der Waals surface area contributed by atoms with E-state index in [0.29, 0.717) is 18.7 Å². The Bertz CT molecular complexity index is 1240. The first-order valence-corrected chi connectivity index (χ1v) is 12.8. The zero-order valence-corrected chi connectivity index (χ0v) is 19.3. The molecule has 2 aromatic rings. The van der Waals surface area contributed by atoms with Crippen LogP contribution in [0.15, 0.2) is 40.1 Å². The van der Waals surface area contributed by atoms with E-state index in [1.807, 2.05) is 0 Å². The molecule has 0 atom stereocenters. The quantitative estimate of drug-likeness (QED) is 0.487. The third-order valence-corrected chi connectivity index (χ3v) is 8.84. The molecule has 1 aliphatic rings. The Kier molecular flexibility index (Phi) is 6.61. The lowest BCUT2D eigenvalue weighted by Crippen LogP contribution is -2.35. The summed E-state index contributed by atoms with van der Waals surface area (Å²) in [5.41, 5.74) is 0.286. The van der Waals surface area contributed by atoms with Crippen LogP contribution in [0.3, 0.4) is 0 Å². The third kappa shape index (κ3) is 4.84. The highest BCUT2D eigenvalue weighted by Gasteiger charge is 2.28. The van der Waals surface area contributed by atoms with Crippen molar-refractivity contribution in [2.45, 2.75) is 42.9 Å². The lowest BCUT2D eigenvalue weighted by Gasteiger charge is -2.26. The van der Waals surface area contributed by atoms with Gasteiger partial charge in [-0.1, -0.05) is 24.1 Å². The van der Waals surface area contributed by atoms with Gasteiger partial charge in [0.25, 0.3) is 15.7 Å². The van der Waals surface area contributed by atoms with Gasteiger partial charge in [-0.25, -0.2) is 16.8 Å². The Hall–Kier alpha value is -2.21. The van der Waals surface area contributed by atoms with Crippen LogP contribution >= 0.6 is 11.6 Å². The maximum absolute atomic E-state index is 12.9. The van der Waals surface area contributed by atoms with E-state index in [2.05, 4.69) is 4.72 Å². The second kappa shape index (κ2) is 8.73. The van der Waals surface area contributed by atoms with Crippen LogP contribution in [0.25, 0.3) is 0 Å². The monoisotopic (exact) mass is 487 g/mol. The molecular weight excluding hydrogens is 466 g/mol. The molecule has 3 rings (SSSR count). The standard InChI is InChI=1S/C19H22ClN3O6S2/c1-13-6-7-15(31(28,29)22-8-4-3-5-9-22)11-18(13)21-30(26,27)16-10-17(20)14(2)19(12-16)23(24)25/h6-7,10-12,21H,3-5,8-9H2,1-2H3. The van der Waals surface area contributed by atoms with Crippen LogP contribution in [-0.2, 0) is 20.0 Å². The number of nitro groups is 1. The third-order valence-electron chi connectivity index (χ3n) is 5.20. The molecule has 0 saturated carbocycles. The molecule has 0 aliphatic carbocycles. The Morgan fingerprint density at radius 3 is 2.26 bits per heavy atom. The molecule has 12 heteroatoms. The number of hydrogen-bond acceptors (Lipinski definition) is 6. The summed E-state index contributed by atoms with van der Waals surface area (Å²) in [5.74, 6) is 0. The van der Waals surface area contributed by atoms with Crippen LogP contribution in [0.4, 0.5) is 11.4 Å². The fourth-order valence-corrected chi connectivity index (χ4v) is 6.30. The number of benzene rings is 2. The summed E-state index contributed by atoms with van der Waals surface area (Å²) in [5, 5.41) is 11.2. The molecule has 2 aromatic carbocycles. The first kappa shape index (κ1) is 23.5. The largest absolute Gasteiger partial charge is 0.279 e. The van der Waals surface area contributed by atoms with Gasteiger partial charge in [0.15, 0.2) is 0 Å². The molecule has 0 spiro atoms. The van der Waals surface area contributed by atoms with Crippen LogP contribution in [0.5, 0.6) is 0 Å². The highest BCUT2D eigenvalue weighted by Crippen LogP contribution is 2.32. The Labute approximate surface area is 186 Å². The minimum Gasteiger partial charge on any atom is -0.279 e. The van der Waals surface area contributed by atoms with Crippen molar-refractivity contribution in [2.75, 3.05) is 17.8 Å². The van der Waals surface area contributed by atoms with Crippen LogP contribution in [0.1, 0.15) is 30.4 Å². The molecule has 0 aromatic heterocycles. The molecule has 1 fully saturated rings. The van der Waals surface area contributed by atoms with E-state index in [4.69, 9.17) is 11.6 Å². The van der Waals surface area contributed by atoms with Gasteiger partial charge in [-0.05, 0) is 50.5 Å². The van der Waals surface area contributed by atoms with Gasteiger partial charge in [0.1, 0.15) is 0 Å². The summed E-state index contributed by atoms with van der Waals surface area (Å²) in [7, 11) is -8.03. The number of hydrogen-bond donors (Lipinski definition) is 1. The number of sulfonamides is 2. The zero-order valence-electron chi connectivity index (χ0n) is 17.0. The molecule has 168 valence electrons. The fourth-order valence-electron chi connectivity index (χ4n) is 3.31. The molecular formula is C19H22ClN3O6S2. The number of nitro benzene ring substituents is 1. The molecule has 0 radical (unpaired) electrons. The van der Waals surface area contributed by atoms with Crippen LogP contribution < -0.4 is 4.72 Å². The predicted octanol–water partition coefficient (Wildman–Crippen LogP) is 3.84. The predicted molar refractivity (Wildman–Crippen MR) is 117 cm³/mol. The van der Waals surface area contributed by atoms with Gasteiger partial charge in [-0.2, -0.15) is 4.31 Å². The molecule has 1 heterocycles. The molecule has 1 saturated heterocycles. The van der Waals surface area contributed by atoms with Crippen molar-refractivity contribution in [3.05, 3.63) is 56.6 Å². The summed E-state index contributed by atoms with van der Waals surface area (Å²) < 4.78 is 55.4. The van der Waals surface area contributed by atoms with Crippen molar-refractivity contribution in [3.8, 4) is 0 Å². The van der Waals surface area contributed by atoms with E-state index in [9.17, 15) is 26.9 Å². The molecule has 1 aliphatic heterocycles. The molecule has 0 unspecified atom stereocenters. The van der Waals surface area contributed by atoms with Gasteiger partial charge in [0.05, 0.1) is 25.4 Å². The number of piperidine rings is 1. The summed E-state index contributed by atoms with van der Waals surface area (Å²) in [6.07, 6.45) is 2.52. The fraction of sp³-hybridized carbons (Fsp3) is 0.368. The van der Waals surface area contributed by atoms with Gasteiger partial charge < -0.3 is 0 Å². The van der Waals surface area contributed by atoms with E-state index in [1.54, 1.807) is 6.92 Å². The Morgan fingerprint density at radius 1 is 1.00 bits per heavy atom. The minimum absolute atomic E-state index is 0.0226. The second-order valence-electron chi connectivity index (χ2n) is 7.35. The zero-order chi connectivity index (χ0) is 23.0. The van der Waals surface area contributed by atoms with Crippen molar-refractivity contribution in [1.82, 2.24) is 4.31 Å². The van der Waals surface area contributed by atoms with Crippen LogP contribution in [0.2, 0.25) is 5.02 Å². The number of rotatable bonds is 6. The number of nitrogens with one attached hydrogen (secondary N) is 1. The van der Waals surface area contributed by atoms with Gasteiger partial charge in [0, 0.05) is 24.7 Å². The molecule has 9 nitrogen and oxygen atoms in total. The smallest absolute Gasteiger partial charge is 0.275 e. The lowest BCUT2D eigenvalue weighted by atomic mass is 10.2. The molecule has 0 amide bonds. The van der Waals surface area contributed by atoms with E-state index >= 15 is 0 Å². The molecule has 31 heavy (non-hydrogen) atoms. The lowest BCUT2D eigenvalue weighted by molar-refractivity contribution is -0.385. The second-order valence-corrected chi connectivity index (χ2v) is 11.4. The molecule has 0 bridgehead atoms. The maximum atomic E-state index is 12.9. The summed E-state index contributed by atoms with van der Waals surface area (Å²) in [6, 6.07) is 6.26. The average Bonchev–Trinajstić information content (AvgIpc) is 2.71. The van der Waals surface area contributed by atoms with Crippen molar-refractivity contribution in [1.29, 1.82) is 0 Å². The van der Waals surface area contributed by atoms with Gasteiger partial charge in [-0.15, -0.1) is 0 Å². The van der Waals surface area contributed by atoms with Crippen molar-refractivity contribution >= 4 is 43.0 Å². The summed E-state index contributed by atoms with van der Waals surface area (Å²) in [6.45, 7) is 3.88. The topological polar surface area (TPSA) is 127 Å². The SMILES string of the molecule is Cc1ccc(S(=O)(=O)N2CCCCC2)cc1NS(=O)(=O)c1cc(Cl)c(C)c([N+](=O)[O-])c1. The summed E-state index contributed by atoms with van der Waals surface area (Å²) in [4.78, 5) is 10.1. The van der Waals surface area contributed by atoms with E-state index in [-0.39, 0.29) is 21.2 Å². The van der Waals surface area contributed by atoms with Crippen molar-refractivity contribution < 1.29 is 21.8 Å². The Balaban J connectivity index is 1.99. The normalized spacial score (nSPS) is 15.6. The minimum atomic E-state index is -4.27. The number of halogens is 1. The number of aryl methyl sites for hydroxylation is 1. The first-order chi connectivity index (χ1) is 14.4. The van der Waals surface area contributed by atoms with E-state index < -0.39 is 35.6 Å². The first-order valence-electron chi connectivity index (χ1n) is 9.51. The molecule has 1 N–H and O–H groups in total. The summed E-state index contributed by atoms with van der Waals surface area (Å²) >= 11 is 5.99. The van der Waals surface area contributed by atoms with Crippen molar-refractivity contribution in [2.24, 2.45) is 0 Å². The average molecular weight is 488 g/mol. The highest BCUT2D eigenvalue weighted by atomic mass is 35.5. The van der Waals surface area contributed by atoms with E-state index in [1.165, 1.54) is 29.4 Å². The number of nitrogens with zero attached hydrogens (tertiary/aromatic N) is 2. The van der Waals surface area contributed by atoms with E-state index in [0.717, 1.165) is 31.4 Å².